The number of nitrogens with zero attached hydrogens (tertiary/aromatic N) is 1. The lowest BCUT2D eigenvalue weighted by Gasteiger charge is -2.26. The Labute approximate surface area is 157 Å². The van der Waals surface area contributed by atoms with Crippen molar-refractivity contribution in [3.63, 3.8) is 0 Å². The summed E-state index contributed by atoms with van der Waals surface area (Å²) in [6.07, 6.45) is 6.56. The lowest BCUT2D eigenvalue weighted by atomic mass is 9.88. The van der Waals surface area contributed by atoms with Gasteiger partial charge in [-0.1, -0.05) is 49.6 Å². The van der Waals surface area contributed by atoms with Crippen LogP contribution in [0.25, 0.3) is 0 Å². The lowest BCUT2D eigenvalue weighted by Crippen LogP contribution is -2.42. The number of hydrogen-bond acceptors (Lipinski definition) is 3. The van der Waals surface area contributed by atoms with Gasteiger partial charge in [0.1, 0.15) is 0 Å². The van der Waals surface area contributed by atoms with Gasteiger partial charge >= 0.3 is 0 Å². The molecule has 26 heavy (non-hydrogen) atoms. The van der Waals surface area contributed by atoms with Gasteiger partial charge in [0.25, 0.3) is 0 Å². The van der Waals surface area contributed by atoms with E-state index >= 15 is 0 Å². The molecular formula is C21H33N3O2. The molecule has 1 aromatic rings. The minimum absolute atomic E-state index is 0.0683. The molecule has 1 aromatic carbocycles. The van der Waals surface area contributed by atoms with Crippen molar-refractivity contribution in [2.24, 2.45) is 11.7 Å². The molecule has 2 rings (SSSR count). The van der Waals surface area contributed by atoms with E-state index < -0.39 is 0 Å². The van der Waals surface area contributed by atoms with Crippen LogP contribution in [0, 0.1) is 5.92 Å². The van der Waals surface area contributed by atoms with Gasteiger partial charge in [0, 0.05) is 31.5 Å². The summed E-state index contributed by atoms with van der Waals surface area (Å²) in [6, 6.07) is 9.84. The number of nitrogens with one attached hydrogen (secondary N) is 1. The Morgan fingerprint density at radius 2 is 1.88 bits per heavy atom. The van der Waals surface area contributed by atoms with Gasteiger partial charge in [-0.15, -0.1) is 0 Å². The van der Waals surface area contributed by atoms with Gasteiger partial charge in [0.15, 0.2) is 0 Å². The first-order valence-electron chi connectivity index (χ1n) is 9.92. The Morgan fingerprint density at radius 3 is 2.54 bits per heavy atom. The highest BCUT2D eigenvalue weighted by Gasteiger charge is 2.24. The average molecular weight is 360 g/mol. The molecule has 1 aliphatic rings. The first-order chi connectivity index (χ1) is 12.6. The highest BCUT2D eigenvalue weighted by molar-refractivity contribution is 5.81. The highest BCUT2D eigenvalue weighted by atomic mass is 16.2. The minimum atomic E-state index is -0.145. The highest BCUT2D eigenvalue weighted by Crippen LogP contribution is 2.23. The van der Waals surface area contributed by atoms with Gasteiger partial charge in [0.05, 0.1) is 0 Å². The molecule has 0 spiro atoms. The number of nitrogens with two attached hydrogens (primary N) is 1. The molecule has 144 valence electrons. The molecule has 1 aliphatic carbocycles. The standard InChI is InChI=1S/C21H33N3O2/c1-17(23-21(26)19-11-6-3-7-12-19)15-20(25)24(14-8-13-22)16-18-9-4-2-5-10-18/h2,4-5,9-10,17,19H,3,6-8,11-16,22H2,1H3,(H,23,26). The third kappa shape index (κ3) is 6.79. The monoisotopic (exact) mass is 359 g/mol. The number of rotatable bonds is 9. The normalized spacial score (nSPS) is 16.1. The van der Waals surface area contributed by atoms with Crippen molar-refractivity contribution in [1.29, 1.82) is 0 Å². The van der Waals surface area contributed by atoms with E-state index in [0.717, 1.165) is 37.7 Å². The predicted molar refractivity (Wildman–Crippen MR) is 104 cm³/mol. The third-order valence-electron chi connectivity index (χ3n) is 5.05. The van der Waals surface area contributed by atoms with E-state index in [4.69, 9.17) is 5.73 Å². The minimum Gasteiger partial charge on any atom is -0.353 e. The molecule has 5 heteroatoms. The summed E-state index contributed by atoms with van der Waals surface area (Å²) < 4.78 is 0. The predicted octanol–water partition coefficient (Wildman–Crippen LogP) is 2.84. The zero-order chi connectivity index (χ0) is 18.8. The van der Waals surface area contributed by atoms with Gasteiger partial charge < -0.3 is 16.0 Å². The van der Waals surface area contributed by atoms with Crippen LogP contribution >= 0.6 is 0 Å². The van der Waals surface area contributed by atoms with E-state index in [1.165, 1.54) is 6.42 Å². The van der Waals surface area contributed by atoms with Crippen LogP contribution in [-0.4, -0.2) is 35.8 Å². The molecule has 2 amide bonds. The van der Waals surface area contributed by atoms with E-state index in [2.05, 4.69) is 5.32 Å². The summed E-state index contributed by atoms with van der Waals surface area (Å²) in [5, 5.41) is 3.04. The fraction of sp³-hybridized carbons (Fsp3) is 0.619. The molecular weight excluding hydrogens is 326 g/mol. The number of carbonyl (C=O) groups excluding carboxylic acids is 2. The summed E-state index contributed by atoms with van der Waals surface area (Å²) in [6.45, 7) is 3.71. The zero-order valence-electron chi connectivity index (χ0n) is 16.0. The van der Waals surface area contributed by atoms with Crippen molar-refractivity contribution in [2.45, 2.75) is 64.5 Å². The van der Waals surface area contributed by atoms with Crippen LogP contribution in [0.5, 0.6) is 0 Å². The fourth-order valence-electron chi connectivity index (χ4n) is 3.55. The smallest absolute Gasteiger partial charge is 0.224 e. The zero-order valence-corrected chi connectivity index (χ0v) is 16.0. The van der Waals surface area contributed by atoms with Crippen LogP contribution in [0.15, 0.2) is 30.3 Å². The average Bonchev–Trinajstić information content (AvgIpc) is 2.66. The first-order valence-corrected chi connectivity index (χ1v) is 9.92. The molecule has 0 aliphatic heterocycles. The molecule has 0 bridgehead atoms. The summed E-state index contributed by atoms with van der Waals surface area (Å²) in [4.78, 5) is 27.0. The van der Waals surface area contributed by atoms with Gasteiger partial charge in [-0.3, -0.25) is 9.59 Å². The fourth-order valence-corrected chi connectivity index (χ4v) is 3.55. The molecule has 1 saturated carbocycles. The topological polar surface area (TPSA) is 75.4 Å². The summed E-state index contributed by atoms with van der Waals surface area (Å²) in [5.41, 5.74) is 6.73. The Kier molecular flexibility index (Phi) is 8.62. The Morgan fingerprint density at radius 1 is 1.19 bits per heavy atom. The maximum Gasteiger partial charge on any atom is 0.224 e. The van der Waals surface area contributed by atoms with Crippen LogP contribution in [0.4, 0.5) is 0 Å². The van der Waals surface area contributed by atoms with Gasteiger partial charge in [-0.05, 0) is 38.3 Å². The molecule has 1 fully saturated rings. The quantitative estimate of drug-likeness (QED) is 0.712. The van der Waals surface area contributed by atoms with Gasteiger partial charge in [0.2, 0.25) is 11.8 Å². The van der Waals surface area contributed by atoms with Crippen molar-refractivity contribution in [1.82, 2.24) is 10.2 Å². The summed E-state index contributed by atoms with van der Waals surface area (Å²) >= 11 is 0. The molecule has 1 unspecified atom stereocenters. The number of hydrogen-bond donors (Lipinski definition) is 2. The number of carbonyl (C=O) groups is 2. The second-order valence-electron chi connectivity index (χ2n) is 7.39. The number of benzene rings is 1. The molecule has 0 aromatic heterocycles. The molecule has 3 N–H and O–H groups in total. The van der Waals surface area contributed by atoms with Crippen LogP contribution in [0.2, 0.25) is 0 Å². The third-order valence-corrected chi connectivity index (χ3v) is 5.05. The second kappa shape index (κ2) is 11.0. The van der Waals surface area contributed by atoms with Crippen molar-refractivity contribution < 1.29 is 9.59 Å². The molecule has 1 atom stereocenters. The summed E-state index contributed by atoms with van der Waals surface area (Å²) in [7, 11) is 0. The van der Waals surface area contributed by atoms with Gasteiger partial charge in [-0.25, -0.2) is 0 Å². The van der Waals surface area contributed by atoms with Crippen molar-refractivity contribution in [3.8, 4) is 0 Å². The summed E-state index contributed by atoms with van der Waals surface area (Å²) in [5.74, 6) is 0.305. The van der Waals surface area contributed by atoms with Gasteiger partial charge in [-0.2, -0.15) is 0 Å². The van der Waals surface area contributed by atoms with Crippen LogP contribution in [0.1, 0.15) is 57.4 Å². The van der Waals surface area contributed by atoms with Crippen LogP contribution in [0.3, 0.4) is 0 Å². The Balaban J connectivity index is 1.86. The van der Waals surface area contributed by atoms with Crippen molar-refractivity contribution >= 4 is 11.8 Å². The maximum absolute atomic E-state index is 12.8. The lowest BCUT2D eigenvalue weighted by molar-refractivity contribution is -0.133. The molecule has 0 saturated heterocycles. The molecule has 0 radical (unpaired) electrons. The second-order valence-corrected chi connectivity index (χ2v) is 7.39. The Hall–Kier alpha value is -1.88. The first kappa shape index (κ1) is 20.4. The largest absolute Gasteiger partial charge is 0.353 e. The maximum atomic E-state index is 12.8. The van der Waals surface area contributed by atoms with E-state index in [0.29, 0.717) is 26.1 Å². The SMILES string of the molecule is CC(CC(=O)N(CCCN)Cc1ccccc1)NC(=O)C1CCCCC1. The van der Waals surface area contributed by atoms with E-state index in [-0.39, 0.29) is 23.8 Å². The van der Waals surface area contributed by atoms with E-state index in [1.807, 2.05) is 42.2 Å². The van der Waals surface area contributed by atoms with Crippen LogP contribution < -0.4 is 11.1 Å². The molecule has 0 heterocycles. The van der Waals surface area contributed by atoms with Crippen LogP contribution in [-0.2, 0) is 16.1 Å². The molecule has 5 nitrogen and oxygen atoms in total. The van der Waals surface area contributed by atoms with Crippen molar-refractivity contribution in [3.05, 3.63) is 35.9 Å². The van der Waals surface area contributed by atoms with E-state index in [9.17, 15) is 9.59 Å². The number of amides is 2. The Bertz CT molecular complexity index is 556. The van der Waals surface area contributed by atoms with Crippen molar-refractivity contribution in [2.75, 3.05) is 13.1 Å². The van der Waals surface area contributed by atoms with E-state index in [1.54, 1.807) is 0 Å².